The molecule has 0 aliphatic carbocycles. The summed E-state index contributed by atoms with van der Waals surface area (Å²) in [6.07, 6.45) is 4.73. The Labute approximate surface area is 115 Å². The fraction of sp³-hybridized carbons (Fsp3) is 0.562. The fourth-order valence-corrected chi connectivity index (χ4v) is 2.59. The molecule has 1 aromatic rings. The van der Waals surface area contributed by atoms with Gasteiger partial charge in [0.1, 0.15) is 0 Å². The van der Waals surface area contributed by atoms with Crippen molar-refractivity contribution in [1.82, 2.24) is 10.6 Å². The van der Waals surface area contributed by atoms with E-state index in [1.165, 1.54) is 11.1 Å². The standard InChI is InChI=1S/C16H24N2O/c1-13-4-2-5-14(12-13)7-8-16(19)18-15-6-3-10-17-11-9-15/h2,4-5,12,15,17H,3,6-11H2,1H3,(H,18,19). The van der Waals surface area contributed by atoms with Gasteiger partial charge in [-0.3, -0.25) is 4.79 Å². The van der Waals surface area contributed by atoms with Crippen molar-refractivity contribution < 1.29 is 4.79 Å². The first kappa shape index (κ1) is 14.1. The maximum Gasteiger partial charge on any atom is 0.220 e. The molecule has 104 valence electrons. The Hall–Kier alpha value is -1.35. The Morgan fingerprint density at radius 2 is 2.26 bits per heavy atom. The monoisotopic (exact) mass is 260 g/mol. The Morgan fingerprint density at radius 3 is 3.11 bits per heavy atom. The lowest BCUT2D eigenvalue weighted by Crippen LogP contribution is -2.35. The first-order chi connectivity index (χ1) is 9.24. The summed E-state index contributed by atoms with van der Waals surface area (Å²) >= 11 is 0. The zero-order valence-electron chi connectivity index (χ0n) is 11.7. The van der Waals surface area contributed by atoms with Crippen molar-refractivity contribution >= 4 is 5.91 Å². The number of rotatable bonds is 4. The van der Waals surface area contributed by atoms with Gasteiger partial charge in [0.15, 0.2) is 0 Å². The van der Waals surface area contributed by atoms with Gasteiger partial charge in [0, 0.05) is 12.5 Å². The summed E-state index contributed by atoms with van der Waals surface area (Å²) in [4.78, 5) is 12.0. The summed E-state index contributed by atoms with van der Waals surface area (Å²) in [6, 6.07) is 8.75. The average Bonchev–Trinajstić information content (AvgIpc) is 2.65. The molecule has 0 bridgehead atoms. The Bertz CT molecular complexity index is 409. The second-order valence-electron chi connectivity index (χ2n) is 5.43. The van der Waals surface area contributed by atoms with Gasteiger partial charge in [-0.2, -0.15) is 0 Å². The number of amides is 1. The van der Waals surface area contributed by atoms with E-state index in [2.05, 4.69) is 41.8 Å². The Kier molecular flexibility index (Phi) is 5.40. The van der Waals surface area contributed by atoms with E-state index in [1.54, 1.807) is 0 Å². The highest BCUT2D eigenvalue weighted by atomic mass is 16.1. The molecule has 1 aliphatic heterocycles. The average molecular weight is 260 g/mol. The van der Waals surface area contributed by atoms with Crippen molar-refractivity contribution in [2.24, 2.45) is 0 Å². The van der Waals surface area contributed by atoms with Crippen LogP contribution in [0.25, 0.3) is 0 Å². The van der Waals surface area contributed by atoms with E-state index in [9.17, 15) is 4.79 Å². The van der Waals surface area contributed by atoms with Gasteiger partial charge in [-0.25, -0.2) is 0 Å². The second kappa shape index (κ2) is 7.29. The molecule has 1 unspecified atom stereocenters. The molecular weight excluding hydrogens is 236 g/mol. The van der Waals surface area contributed by atoms with Crippen LogP contribution in [-0.4, -0.2) is 25.0 Å². The van der Waals surface area contributed by atoms with Gasteiger partial charge >= 0.3 is 0 Å². The number of nitrogens with one attached hydrogen (secondary N) is 2. The molecule has 0 aromatic heterocycles. The Morgan fingerprint density at radius 1 is 1.37 bits per heavy atom. The zero-order chi connectivity index (χ0) is 13.5. The number of hydrogen-bond acceptors (Lipinski definition) is 2. The van der Waals surface area contributed by atoms with Gasteiger partial charge < -0.3 is 10.6 Å². The number of carbonyl (C=O) groups is 1. The van der Waals surface area contributed by atoms with Crippen LogP contribution in [0.2, 0.25) is 0 Å². The predicted molar refractivity (Wildman–Crippen MR) is 78.2 cm³/mol. The number of aryl methyl sites for hydroxylation is 2. The molecule has 1 fully saturated rings. The molecule has 2 N–H and O–H groups in total. The smallest absolute Gasteiger partial charge is 0.220 e. The van der Waals surface area contributed by atoms with Crippen molar-refractivity contribution in [3.63, 3.8) is 0 Å². The minimum atomic E-state index is 0.188. The molecule has 0 spiro atoms. The summed E-state index contributed by atoms with van der Waals surface area (Å²) in [6.45, 7) is 4.18. The van der Waals surface area contributed by atoms with Crippen LogP contribution in [0, 0.1) is 6.92 Å². The normalized spacial score (nSPS) is 19.7. The maximum absolute atomic E-state index is 12.0. The Balaban J connectivity index is 1.74. The molecule has 2 rings (SSSR count). The molecule has 1 aliphatic rings. The van der Waals surface area contributed by atoms with E-state index in [4.69, 9.17) is 0 Å². The van der Waals surface area contributed by atoms with Gasteiger partial charge in [0.25, 0.3) is 0 Å². The van der Waals surface area contributed by atoms with E-state index >= 15 is 0 Å². The topological polar surface area (TPSA) is 41.1 Å². The molecule has 3 heteroatoms. The minimum absolute atomic E-state index is 0.188. The van der Waals surface area contributed by atoms with Crippen molar-refractivity contribution in [2.45, 2.75) is 45.1 Å². The summed E-state index contributed by atoms with van der Waals surface area (Å²) < 4.78 is 0. The highest BCUT2D eigenvalue weighted by Gasteiger charge is 2.14. The maximum atomic E-state index is 12.0. The first-order valence-corrected chi connectivity index (χ1v) is 7.29. The summed E-state index contributed by atoms with van der Waals surface area (Å²) in [7, 11) is 0. The van der Waals surface area contributed by atoms with Crippen LogP contribution >= 0.6 is 0 Å². The first-order valence-electron chi connectivity index (χ1n) is 7.29. The summed E-state index contributed by atoms with van der Waals surface area (Å²) in [5.41, 5.74) is 2.51. The van der Waals surface area contributed by atoms with Crippen LogP contribution in [0.4, 0.5) is 0 Å². The zero-order valence-corrected chi connectivity index (χ0v) is 11.7. The van der Waals surface area contributed by atoms with Gasteiger partial charge in [-0.15, -0.1) is 0 Å². The second-order valence-corrected chi connectivity index (χ2v) is 5.43. The van der Waals surface area contributed by atoms with Gasteiger partial charge in [0.2, 0.25) is 5.91 Å². The van der Waals surface area contributed by atoms with Crippen molar-refractivity contribution in [1.29, 1.82) is 0 Å². The lowest BCUT2D eigenvalue weighted by Gasteiger charge is -2.15. The number of carbonyl (C=O) groups excluding carboxylic acids is 1. The molecule has 1 atom stereocenters. The molecule has 1 amide bonds. The third kappa shape index (κ3) is 5.03. The molecular formula is C16H24N2O. The highest BCUT2D eigenvalue weighted by Crippen LogP contribution is 2.08. The molecule has 0 radical (unpaired) electrons. The lowest BCUT2D eigenvalue weighted by molar-refractivity contribution is -0.121. The third-order valence-electron chi connectivity index (χ3n) is 3.66. The third-order valence-corrected chi connectivity index (χ3v) is 3.66. The van der Waals surface area contributed by atoms with E-state index in [0.29, 0.717) is 12.5 Å². The molecule has 3 nitrogen and oxygen atoms in total. The van der Waals surface area contributed by atoms with Gasteiger partial charge in [-0.05, 0) is 51.3 Å². The largest absolute Gasteiger partial charge is 0.353 e. The SMILES string of the molecule is Cc1cccc(CCC(=O)NC2CCCNCC2)c1. The molecule has 1 saturated heterocycles. The molecule has 1 heterocycles. The van der Waals surface area contributed by atoms with Crippen LogP contribution in [0.5, 0.6) is 0 Å². The minimum Gasteiger partial charge on any atom is -0.353 e. The van der Waals surface area contributed by atoms with E-state index in [1.807, 2.05) is 0 Å². The van der Waals surface area contributed by atoms with Crippen LogP contribution in [0.3, 0.4) is 0 Å². The summed E-state index contributed by atoms with van der Waals surface area (Å²) in [5.74, 6) is 0.188. The van der Waals surface area contributed by atoms with Crippen LogP contribution < -0.4 is 10.6 Å². The molecule has 19 heavy (non-hydrogen) atoms. The predicted octanol–water partition coefficient (Wildman–Crippen LogP) is 2.19. The van der Waals surface area contributed by atoms with Gasteiger partial charge in [0.05, 0.1) is 0 Å². The molecule has 1 aromatic carbocycles. The summed E-state index contributed by atoms with van der Waals surface area (Å²) in [5, 5.41) is 6.53. The van der Waals surface area contributed by atoms with E-state index in [0.717, 1.165) is 38.8 Å². The quantitative estimate of drug-likeness (QED) is 0.871. The van der Waals surface area contributed by atoms with Crippen LogP contribution in [0.15, 0.2) is 24.3 Å². The fourth-order valence-electron chi connectivity index (χ4n) is 2.59. The van der Waals surface area contributed by atoms with Gasteiger partial charge in [-0.1, -0.05) is 29.8 Å². The number of benzene rings is 1. The molecule has 0 saturated carbocycles. The van der Waals surface area contributed by atoms with Crippen molar-refractivity contribution in [3.8, 4) is 0 Å². The van der Waals surface area contributed by atoms with Crippen LogP contribution in [0.1, 0.15) is 36.8 Å². The van der Waals surface area contributed by atoms with E-state index < -0.39 is 0 Å². The van der Waals surface area contributed by atoms with Crippen LogP contribution in [-0.2, 0) is 11.2 Å². The number of hydrogen-bond donors (Lipinski definition) is 2. The van der Waals surface area contributed by atoms with Crippen molar-refractivity contribution in [3.05, 3.63) is 35.4 Å². The van der Waals surface area contributed by atoms with Crippen molar-refractivity contribution in [2.75, 3.05) is 13.1 Å². The lowest BCUT2D eigenvalue weighted by atomic mass is 10.1. The highest BCUT2D eigenvalue weighted by molar-refractivity contribution is 5.76. The van der Waals surface area contributed by atoms with E-state index in [-0.39, 0.29) is 5.91 Å².